The van der Waals surface area contributed by atoms with E-state index in [-0.39, 0.29) is 5.78 Å². The molecule has 1 aromatic carbocycles. The molecule has 0 fully saturated rings. The highest BCUT2D eigenvalue weighted by molar-refractivity contribution is 5.91. The molecular weight excluding hydrogens is 196 g/mol. The molecule has 0 unspecified atom stereocenters. The summed E-state index contributed by atoms with van der Waals surface area (Å²) in [5.74, 6) is 0.0648. The summed E-state index contributed by atoms with van der Waals surface area (Å²) in [7, 11) is 0. The molecule has 0 aliphatic rings. The van der Waals surface area contributed by atoms with E-state index in [1.54, 1.807) is 6.92 Å². The lowest BCUT2D eigenvalue weighted by atomic mass is 10.1. The zero-order valence-corrected chi connectivity index (χ0v) is 10.4. The number of hydrogen-bond acceptors (Lipinski definition) is 1. The first kappa shape index (κ1) is 14.4. The Morgan fingerprint density at radius 2 is 1.69 bits per heavy atom. The molecule has 16 heavy (non-hydrogen) atoms. The number of aryl methyl sites for hydroxylation is 1. The van der Waals surface area contributed by atoms with Crippen molar-refractivity contribution in [1.82, 2.24) is 0 Å². The second kappa shape index (κ2) is 7.63. The van der Waals surface area contributed by atoms with Crippen LogP contribution in [0.5, 0.6) is 0 Å². The molecule has 1 nitrogen and oxygen atoms in total. The van der Waals surface area contributed by atoms with Crippen LogP contribution in [0.4, 0.5) is 0 Å². The second-order valence-corrected chi connectivity index (χ2v) is 3.64. The minimum atomic E-state index is 0.0648. The first-order valence-corrected chi connectivity index (χ1v) is 5.39. The van der Waals surface area contributed by atoms with Crippen molar-refractivity contribution in [2.45, 2.75) is 27.2 Å². The summed E-state index contributed by atoms with van der Waals surface area (Å²) in [6.07, 6.45) is 2.97. The highest BCUT2D eigenvalue weighted by Gasteiger charge is 1.86. The van der Waals surface area contributed by atoms with Gasteiger partial charge in [0.25, 0.3) is 0 Å². The lowest BCUT2D eigenvalue weighted by Crippen LogP contribution is -1.86. The second-order valence-electron chi connectivity index (χ2n) is 3.64. The molecule has 1 heteroatoms. The number of carbonyl (C=O) groups is 1. The summed E-state index contributed by atoms with van der Waals surface area (Å²) in [5.41, 5.74) is 3.19. The average molecular weight is 216 g/mol. The van der Waals surface area contributed by atoms with Crippen LogP contribution in [0.1, 0.15) is 31.9 Å². The Bertz CT molecular complexity index is 346. The van der Waals surface area contributed by atoms with Crippen LogP contribution < -0.4 is 0 Å². The number of allylic oxidation sites excluding steroid dienone is 1. The lowest BCUT2D eigenvalue weighted by Gasteiger charge is -1.95. The van der Waals surface area contributed by atoms with Gasteiger partial charge in [-0.2, -0.15) is 0 Å². The van der Waals surface area contributed by atoms with E-state index in [1.807, 2.05) is 6.08 Å². The Hall–Kier alpha value is -1.63. The molecule has 0 saturated heterocycles. The fraction of sp³-hybridized carbons (Fsp3) is 0.267. The highest BCUT2D eigenvalue weighted by atomic mass is 16.1. The number of benzene rings is 1. The number of rotatable bonds is 3. The van der Waals surface area contributed by atoms with Gasteiger partial charge in [-0.1, -0.05) is 50.4 Å². The van der Waals surface area contributed by atoms with Crippen molar-refractivity contribution in [2.24, 2.45) is 0 Å². The van der Waals surface area contributed by atoms with Crippen LogP contribution in [0.3, 0.4) is 0 Å². The van der Waals surface area contributed by atoms with Crippen LogP contribution >= 0.6 is 0 Å². The molecule has 0 N–H and O–H groups in total. The van der Waals surface area contributed by atoms with Crippen molar-refractivity contribution in [3.63, 3.8) is 0 Å². The molecule has 0 spiro atoms. The topological polar surface area (TPSA) is 17.1 Å². The third-order valence-electron chi connectivity index (χ3n) is 2.22. The van der Waals surface area contributed by atoms with E-state index in [0.29, 0.717) is 5.57 Å². The quantitative estimate of drug-likeness (QED) is 0.697. The van der Waals surface area contributed by atoms with Crippen LogP contribution in [-0.2, 0) is 11.2 Å². The van der Waals surface area contributed by atoms with Crippen LogP contribution in [0.15, 0.2) is 43.0 Å². The molecule has 0 saturated carbocycles. The Morgan fingerprint density at radius 3 is 1.94 bits per heavy atom. The van der Waals surface area contributed by atoms with Gasteiger partial charge in [0.05, 0.1) is 0 Å². The van der Waals surface area contributed by atoms with Gasteiger partial charge < -0.3 is 0 Å². The molecule has 1 rings (SSSR count). The summed E-state index contributed by atoms with van der Waals surface area (Å²) in [5, 5.41) is 0. The van der Waals surface area contributed by atoms with E-state index in [2.05, 4.69) is 44.3 Å². The first-order chi connectivity index (χ1) is 7.51. The predicted molar refractivity (Wildman–Crippen MR) is 71.4 cm³/mol. The van der Waals surface area contributed by atoms with Crippen molar-refractivity contribution in [2.75, 3.05) is 0 Å². The Balaban J connectivity index is 0.000000325. The number of carbonyl (C=O) groups excluding carboxylic acids is 1. The van der Waals surface area contributed by atoms with E-state index < -0.39 is 0 Å². The molecule has 0 aliphatic carbocycles. The SMILES string of the molecule is C=C(C)C(C)=O.C=Cc1ccc(CC)cc1. The van der Waals surface area contributed by atoms with Crippen LogP contribution in [-0.4, -0.2) is 5.78 Å². The van der Waals surface area contributed by atoms with Gasteiger partial charge >= 0.3 is 0 Å². The maximum atomic E-state index is 10.0. The number of ketones is 1. The number of Topliss-reactive ketones (excluding diaryl/α,β-unsaturated/α-hetero) is 1. The van der Waals surface area contributed by atoms with Crippen molar-refractivity contribution >= 4 is 11.9 Å². The van der Waals surface area contributed by atoms with Crippen LogP contribution in [0, 0.1) is 0 Å². The summed E-state index contributed by atoms with van der Waals surface area (Å²) in [6.45, 7) is 12.4. The van der Waals surface area contributed by atoms with Gasteiger partial charge in [-0.05, 0) is 37.0 Å². The molecule has 0 amide bonds. The van der Waals surface area contributed by atoms with Crippen molar-refractivity contribution < 1.29 is 4.79 Å². The zero-order chi connectivity index (χ0) is 12.6. The fourth-order valence-electron chi connectivity index (χ4n) is 0.889. The molecule has 0 radical (unpaired) electrons. The molecule has 0 aromatic heterocycles. The Labute approximate surface area is 98.5 Å². The predicted octanol–water partition coefficient (Wildman–Crippen LogP) is 4.04. The first-order valence-electron chi connectivity index (χ1n) is 5.39. The summed E-state index contributed by atoms with van der Waals surface area (Å²) < 4.78 is 0. The van der Waals surface area contributed by atoms with Crippen LogP contribution in [0.2, 0.25) is 0 Å². The summed E-state index contributed by atoms with van der Waals surface area (Å²) >= 11 is 0. The van der Waals surface area contributed by atoms with Crippen molar-refractivity contribution in [1.29, 1.82) is 0 Å². The zero-order valence-electron chi connectivity index (χ0n) is 10.4. The molecular formula is C15H20O. The smallest absolute Gasteiger partial charge is 0.154 e. The van der Waals surface area contributed by atoms with E-state index in [0.717, 1.165) is 6.42 Å². The molecule has 0 bridgehead atoms. The highest BCUT2D eigenvalue weighted by Crippen LogP contribution is 2.05. The van der Waals surface area contributed by atoms with Crippen LogP contribution in [0.25, 0.3) is 6.08 Å². The van der Waals surface area contributed by atoms with Gasteiger partial charge in [0.15, 0.2) is 5.78 Å². The lowest BCUT2D eigenvalue weighted by molar-refractivity contribution is -0.113. The Kier molecular flexibility index (Phi) is 6.86. The van der Waals surface area contributed by atoms with E-state index in [1.165, 1.54) is 18.1 Å². The Morgan fingerprint density at radius 1 is 1.25 bits per heavy atom. The summed E-state index contributed by atoms with van der Waals surface area (Å²) in [6, 6.07) is 8.45. The minimum Gasteiger partial charge on any atom is -0.295 e. The monoisotopic (exact) mass is 216 g/mol. The van der Waals surface area contributed by atoms with Gasteiger partial charge in [-0.25, -0.2) is 0 Å². The van der Waals surface area contributed by atoms with Gasteiger partial charge in [0.1, 0.15) is 0 Å². The molecule has 0 heterocycles. The third kappa shape index (κ3) is 5.97. The van der Waals surface area contributed by atoms with Crippen molar-refractivity contribution in [3.8, 4) is 0 Å². The number of hydrogen-bond donors (Lipinski definition) is 0. The van der Waals surface area contributed by atoms with E-state index >= 15 is 0 Å². The fourth-order valence-corrected chi connectivity index (χ4v) is 0.889. The third-order valence-corrected chi connectivity index (χ3v) is 2.22. The average Bonchev–Trinajstić information content (AvgIpc) is 2.30. The van der Waals surface area contributed by atoms with E-state index in [4.69, 9.17) is 0 Å². The van der Waals surface area contributed by atoms with Gasteiger partial charge in [-0.15, -0.1) is 0 Å². The largest absolute Gasteiger partial charge is 0.295 e. The van der Waals surface area contributed by atoms with Crippen molar-refractivity contribution in [3.05, 3.63) is 54.1 Å². The molecule has 0 atom stereocenters. The maximum absolute atomic E-state index is 10.0. The molecule has 86 valence electrons. The van der Waals surface area contributed by atoms with Gasteiger partial charge in [-0.3, -0.25) is 4.79 Å². The minimum absolute atomic E-state index is 0.0648. The maximum Gasteiger partial charge on any atom is 0.154 e. The van der Waals surface area contributed by atoms with Gasteiger partial charge in [0.2, 0.25) is 0 Å². The summed E-state index contributed by atoms with van der Waals surface area (Å²) in [4.78, 5) is 10.0. The molecule has 0 aliphatic heterocycles. The van der Waals surface area contributed by atoms with E-state index in [9.17, 15) is 4.79 Å². The molecule has 1 aromatic rings. The normalized spacial score (nSPS) is 8.69. The standard InChI is InChI=1S/C10H12.C5H8O/c1-3-9-5-7-10(4-2)8-6-9;1-4(2)5(3)6/h3,5-8H,1,4H2,2H3;1H2,2-3H3. The van der Waals surface area contributed by atoms with Gasteiger partial charge in [0, 0.05) is 0 Å².